The molecule has 22 heavy (non-hydrogen) atoms. The van der Waals surface area contributed by atoms with Crippen molar-refractivity contribution in [2.75, 3.05) is 13.6 Å². The Morgan fingerprint density at radius 2 is 1.86 bits per heavy atom. The lowest BCUT2D eigenvalue weighted by Crippen LogP contribution is -2.34. The van der Waals surface area contributed by atoms with Crippen LogP contribution in [0.1, 0.15) is 11.1 Å². The monoisotopic (exact) mass is 336 g/mol. The third-order valence-electron chi connectivity index (χ3n) is 3.20. The number of halogens is 2. The number of hydrogen-bond donors (Lipinski definition) is 1. The molecule has 0 aliphatic heterocycles. The van der Waals surface area contributed by atoms with Gasteiger partial charge in [-0.1, -0.05) is 59.6 Å². The Bertz CT molecular complexity index is 632. The molecule has 0 saturated carbocycles. The molecule has 0 unspecified atom stereocenters. The van der Waals surface area contributed by atoms with Gasteiger partial charge in [0.1, 0.15) is 0 Å². The number of amides is 1. The molecule has 0 spiro atoms. The maximum atomic E-state index is 12.0. The van der Waals surface area contributed by atoms with E-state index < -0.39 is 0 Å². The summed E-state index contributed by atoms with van der Waals surface area (Å²) < 4.78 is 0. The zero-order valence-corrected chi connectivity index (χ0v) is 13.9. The van der Waals surface area contributed by atoms with Gasteiger partial charge in [-0.15, -0.1) is 0 Å². The van der Waals surface area contributed by atoms with Gasteiger partial charge in [-0.25, -0.2) is 0 Å². The molecule has 0 aromatic heterocycles. The fourth-order valence-corrected chi connectivity index (χ4v) is 2.59. The maximum Gasteiger partial charge on any atom is 0.234 e. The van der Waals surface area contributed by atoms with E-state index in [0.29, 0.717) is 23.1 Å². The average Bonchev–Trinajstić information content (AvgIpc) is 2.47. The predicted molar refractivity (Wildman–Crippen MR) is 91.1 cm³/mol. The van der Waals surface area contributed by atoms with Crippen LogP contribution in [0, 0.1) is 0 Å². The van der Waals surface area contributed by atoms with Gasteiger partial charge < -0.3 is 5.32 Å². The van der Waals surface area contributed by atoms with Crippen LogP contribution in [0.15, 0.2) is 48.5 Å². The molecule has 3 nitrogen and oxygen atoms in total. The Balaban J connectivity index is 1.80. The fourth-order valence-electron chi connectivity index (χ4n) is 2.11. The average molecular weight is 337 g/mol. The van der Waals surface area contributed by atoms with E-state index in [1.54, 1.807) is 12.1 Å². The summed E-state index contributed by atoms with van der Waals surface area (Å²) >= 11 is 11.9. The summed E-state index contributed by atoms with van der Waals surface area (Å²) in [5.41, 5.74) is 2.03. The van der Waals surface area contributed by atoms with E-state index in [2.05, 4.69) is 5.32 Å². The Hall–Kier alpha value is -1.55. The molecule has 0 aliphatic carbocycles. The van der Waals surface area contributed by atoms with Crippen molar-refractivity contribution in [1.29, 1.82) is 0 Å². The van der Waals surface area contributed by atoms with Crippen molar-refractivity contribution >= 4 is 29.1 Å². The molecule has 5 heteroatoms. The topological polar surface area (TPSA) is 32.3 Å². The van der Waals surface area contributed by atoms with Crippen molar-refractivity contribution in [3.63, 3.8) is 0 Å². The highest BCUT2D eigenvalue weighted by molar-refractivity contribution is 6.35. The van der Waals surface area contributed by atoms with E-state index >= 15 is 0 Å². The number of nitrogens with zero attached hydrogens (tertiary/aromatic N) is 1. The first-order valence-electron chi connectivity index (χ1n) is 6.97. The minimum Gasteiger partial charge on any atom is -0.351 e. The molecule has 1 amide bonds. The van der Waals surface area contributed by atoms with Crippen molar-refractivity contribution < 1.29 is 4.79 Å². The van der Waals surface area contributed by atoms with Crippen molar-refractivity contribution in [2.24, 2.45) is 0 Å². The standard InChI is InChI=1S/C17H18Cl2N2O/c1-21(11-13-5-3-2-4-6-13)12-17(22)20-10-14-7-8-15(18)9-16(14)19/h2-9H,10-12H2,1H3,(H,20,22). The van der Waals surface area contributed by atoms with E-state index in [0.717, 1.165) is 12.1 Å². The summed E-state index contributed by atoms with van der Waals surface area (Å²) in [6.45, 7) is 1.46. The van der Waals surface area contributed by atoms with Crippen LogP contribution in [0.25, 0.3) is 0 Å². The minimum atomic E-state index is -0.0375. The van der Waals surface area contributed by atoms with Gasteiger partial charge in [0.15, 0.2) is 0 Å². The molecule has 0 fully saturated rings. The van der Waals surface area contributed by atoms with Crippen LogP contribution in [-0.2, 0) is 17.9 Å². The van der Waals surface area contributed by atoms with Gasteiger partial charge >= 0.3 is 0 Å². The highest BCUT2D eigenvalue weighted by atomic mass is 35.5. The lowest BCUT2D eigenvalue weighted by molar-refractivity contribution is -0.122. The molecule has 0 atom stereocenters. The van der Waals surface area contributed by atoms with E-state index in [-0.39, 0.29) is 5.91 Å². The second kappa shape index (κ2) is 8.18. The largest absolute Gasteiger partial charge is 0.351 e. The zero-order chi connectivity index (χ0) is 15.9. The van der Waals surface area contributed by atoms with Crippen LogP contribution < -0.4 is 5.32 Å². The van der Waals surface area contributed by atoms with Crippen LogP contribution in [0.4, 0.5) is 0 Å². The van der Waals surface area contributed by atoms with Gasteiger partial charge in [0.2, 0.25) is 5.91 Å². The Kier molecular flexibility index (Phi) is 6.25. The first-order valence-corrected chi connectivity index (χ1v) is 7.73. The zero-order valence-electron chi connectivity index (χ0n) is 12.4. The van der Waals surface area contributed by atoms with Gasteiger partial charge in [-0.05, 0) is 30.3 Å². The molecule has 2 aromatic rings. The number of hydrogen-bond acceptors (Lipinski definition) is 2. The molecular weight excluding hydrogens is 319 g/mol. The minimum absolute atomic E-state index is 0.0375. The smallest absolute Gasteiger partial charge is 0.234 e. The molecule has 0 heterocycles. The molecular formula is C17H18Cl2N2O. The quantitative estimate of drug-likeness (QED) is 0.871. The van der Waals surface area contributed by atoms with Gasteiger partial charge in [-0.3, -0.25) is 9.69 Å². The third-order valence-corrected chi connectivity index (χ3v) is 3.79. The second-order valence-electron chi connectivity index (χ2n) is 5.17. The van der Waals surface area contributed by atoms with Crippen molar-refractivity contribution in [2.45, 2.75) is 13.1 Å². The molecule has 2 rings (SSSR count). The number of rotatable bonds is 6. The lowest BCUT2D eigenvalue weighted by atomic mass is 10.2. The Morgan fingerprint density at radius 1 is 1.14 bits per heavy atom. The van der Waals surface area contributed by atoms with Crippen LogP contribution in [0.2, 0.25) is 10.0 Å². The molecule has 2 aromatic carbocycles. The number of likely N-dealkylation sites (N-methyl/N-ethyl adjacent to an activating group) is 1. The van der Waals surface area contributed by atoms with E-state index in [1.807, 2.05) is 48.3 Å². The third kappa shape index (κ3) is 5.34. The van der Waals surface area contributed by atoms with Crippen LogP contribution in [0.3, 0.4) is 0 Å². The molecule has 0 radical (unpaired) electrons. The van der Waals surface area contributed by atoms with Crippen LogP contribution in [-0.4, -0.2) is 24.4 Å². The number of nitrogens with one attached hydrogen (secondary N) is 1. The van der Waals surface area contributed by atoms with Gasteiger partial charge in [-0.2, -0.15) is 0 Å². The molecule has 1 N–H and O–H groups in total. The van der Waals surface area contributed by atoms with Crippen LogP contribution >= 0.6 is 23.2 Å². The number of carbonyl (C=O) groups is 1. The maximum absolute atomic E-state index is 12.0. The highest BCUT2D eigenvalue weighted by Gasteiger charge is 2.08. The Labute approximate surface area is 140 Å². The molecule has 0 saturated heterocycles. The lowest BCUT2D eigenvalue weighted by Gasteiger charge is -2.16. The second-order valence-corrected chi connectivity index (χ2v) is 6.01. The summed E-state index contributed by atoms with van der Waals surface area (Å²) in [4.78, 5) is 13.9. The van der Waals surface area contributed by atoms with E-state index in [9.17, 15) is 4.79 Å². The molecule has 0 aliphatic rings. The predicted octanol–water partition coefficient (Wildman–Crippen LogP) is 3.74. The summed E-state index contributed by atoms with van der Waals surface area (Å²) in [7, 11) is 1.92. The normalized spacial score (nSPS) is 10.7. The van der Waals surface area contributed by atoms with E-state index in [1.165, 1.54) is 5.56 Å². The molecule has 0 bridgehead atoms. The summed E-state index contributed by atoms with van der Waals surface area (Å²) in [6.07, 6.45) is 0. The van der Waals surface area contributed by atoms with Crippen molar-refractivity contribution in [3.8, 4) is 0 Å². The summed E-state index contributed by atoms with van der Waals surface area (Å²) in [5.74, 6) is -0.0375. The first kappa shape index (κ1) is 16.8. The van der Waals surface area contributed by atoms with Crippen molar-refractivity contribution in [3.05, 3.63) is 69.7 Å². The van der Waals surface area contributed by atoms with Gasteiger partial charge in [0.05, 0.1) is 6.54 Å². The highest BCUT2D eigenvalue weighted by Crippen LogP contribution is 2.20. The van der Waals surface area contributed by atoms with Crippen molar-refractivity contribution in [1.82, 2.24) is 10.2 Å². The van der Waals surface area contributed by atoms with Gasteiger partial charge in [0, 0.05) is 23.1 Å². The first-order chi connectivity index (χ1) is 10.5. The number of benzene rings is 2. The fraction of sp³-hybridized carbons (Fsp3) is 0.235. The Morgan fingerprint density at radius 3 is 2.55 bits per heavy atom. The number of carbonyl (C=O) groups excluding carboxylic acids is 1. The van der Waals surface area contributed by atoms with E-state index in [4.69, 9.17) is 23.2 Å². The van der Waals surface area contributed by atoms with Gasteiger partial charge in [0.25, 0.3) is 0 Å². The summed E-state index contributed by atoms with van der Waals surface area (Å²) in [5, 5.41) is 4.01. The molecule has 116 valence electrons. The van der Waals surface area contributed by atoms with Crippen LogP contribution in [0.5, 0.6) is 0 Å². The SMILES string of the molecule is CN(CC(=O)NCc1ccc(Cl)cc1Cl)Cc1ccccc1. The summed E-state index contributed by atoms with van der Waals surface area (Å²) in [6, 6.07) is 15.3.